The quantitative estimate of drug-likeness (QED) is 0.673. The van der Waals surface area contributed by atoms with Crippen LogP contribution in [0.25, 0.3) is 0 Å². The summed E-state index contributed by atoms with van der Waals surface area (Å²) in [6.45, 7) is 3.87. The molecule has 0 radical (unpaired) electrons. The Morgan fingerprint density at radius 1 is 1.06 bits per heavy atom. The lowest BCUT2D eigenvalue weighted by Crippen LogP contribution is -2.15. The molecule has 0 aromatic heterocycles. The first kappa shape index (κ1) is 15.1. The highest BCUT2D eigenvalue weighted by molar-refractivity contribution is 5.25. The summed E-state index contributed by atoms with van der Waals surface area (Å²) in [5.74, 6) is 0.0176. The van der Waals surface area contributed by atoms with Crippen molar-refractivity contribution in [3.63, 3.8) is 0 Å². The van der Waals surface area contributed by atoms with Crippen LogP contribution in [0.3, 0.4) is 0 Å². The van der Waals surface area contributed by atoms with Crippen LogP contribution in [0.4, 0.5) is 8.78 Å². The predicted molar refractivity (Wildman–Crippen MR) is 72.7 cm³/mol. The van der Waals surface area contributed by atoms with Crippen LogP contribution < -0.4 is 0 Å². The van der Waals surface area contributed by atoms with Crippen LogP contribution in [-0.4, -0.2) is 0 Å². The van der Waals surface area contributed by atoms with Gasteiger partial charge in [0, 0.05) is 0 Å². The molecule has 0 spiro atoms. The molecule has 18 heavy (non-hydrogen) atoms. The summed E-state index contributed by atoms with van der Waals surface area (Å²) in [7, 11) is 0. The van der Waals surface area contributed by atoms with Crippen LogP contribution in [-0.2, 0) is 6.42 Å². The largest absolute Gasteiger partial charge is 0.203 e. The number of hydrogen-bond donors (Lipinski definition) is 0. The smallest absolute Gasteiger partial charge is 0.162 e. The molecule has 0 saturated heterocycles. The van der Waals surface area contributed by atoms with E-state index >= 15 is 0 Å². The van der Waals surface area contributed by atoms with Crippen molar-refractivity contribution < 1.29 is 8.78 Å². The van der Waals surface area contributed by atoms with Crippen LogP contribution in [0.2, 0.25) is 0 Å². The fourth-order valence-corrected chi connectivity index (χ4v) is 2.69. The lowest BCUT2D eigenvalue weighted by molar-refractivity contribution is 0.286. The van der Waals surface area contributed by atoms with Crippen molar-refractivity contribution in [2.75, 3.05) is 0 Å². The molecule has 0 bridgehead atoms. The fraction of sp³-hybridized carbons (Fsp3) is 0.625. The van der Waals surface area contributed by atoms with Crippen molar-refractivity contribution in [2.24, 2.45) is 11.8 Å². The van der Waals surface area contributed by atoms with Gasteiger partial charge < -0.3 is 0 Å². The third kappa shape index (κ3) is 3.30. The first-order chi connectivity index (χ1) is 8.08. The minimum absolute atomic E-state index is 0. The van der Waals surface area contributed by atoms with Gasteiger partial charge in [0.05, 0.1) is 0 Å². The van der Waals surface area contributed by atoms with Gasteiger partial charge in [-0.1, -0.05) is 39.3 Å². The maximum absolute atomic E-state index is 13.7. The highest BCUT2D eigenvalue weighted by Gasteiger charge is 2.20. The Bertz CT molecular complexity index is 390. The van der Waals surface area contributed by atoms with Crippen LogP contribution in [0, 0.1) is 30.4 Å². The lowest BCUT2D eigenvalue weighted by atomic mass is 9.80. The van der Waals surface area contributed by atoms with E-state index in [1.807, 2.05) is 0 Å². The average molecular weight is 254 g/mol. The molecule has 1 aromatic carbocycles. The lowest BCUT2D eigenvalue weighted by Gasteiger charge is -2.26. The summed E-state index contributed by atoms with van der Waals surface area (Å²) in [4.78, 5) is 0. The van der Waals surface area contributed by atoms with Gasteiger partial charge in [-0.3, -0.25) is 0 Å². The second-order valence-corrected chi connectivity index (χ2v) is 5.50. The molecule has 0 nitrogen and oxygen atoms in total. The van der Waals surface area contributed by atoms with E-state index in [9.17, 15) is 8.78 Å². The molecular formula is C16H24F2. The normalized spacial score (nSPS) is 23.6. The van der Waals surface area contributed by atoms with E-state index in [-0.39, 0.29) is 7.43 Å². The van der Waals surface area contributed by atoms with Crippen molar-refractivity contribution in [1.29, 1.82) is 0 Å². The molecule has 0 amide bonds. The van der Waals surface area contributed by atoms with Gasteiger partial charge in [-0.2, -0.15) is 0 Å². The molecule has 1 aliphatic rings. The van der Waals surface area contributed by atoms with Gasteiger partial charge in [-0.15, -0.1) is 0 Å². The van der Waals surface area contributed by atoms with Crippen molar-refractivity contribution in [2.45, 2.75) is 53.4 Å². The Morgan fingerprint density at radius 2 is 1.67 bits per heavy atom. The van der Waals surface area contributed by atoms with E-state index in [1.54, 1.807) is 19.1 Å². The molecule has 0 unspecified atom stereocenters. The molecule has 0 aliphatic heterocycles. The average Bonchev–Trinajstić information content (AvgIpc) is 2.33. The minimum atomic E-state index is -0.674. The third-order valence-electron chi connectivity index (χ3n) is 4.00. The van der Waals surface area contributed by atoms with Gasteiger partial charge in [0.1, 0.15) is 0 Å². The second-order valence-electron chi connectivity index (χ2n) is 5.50. The van der Waals surface area contributed by atoms with E-state index in [2.05, 4.69) is 6.92 Å². The van der Waals surface area contributed by atoms with Crippen molar-refractivity contribution in [3.8, 4) is 0 Å². The van der Waals surface area contributed by atoms with E-state index in [0.29, 0.717) is 23.5 Å². The van der Waals surface area contributed by atoms with Crippen molar-refractivity contribution in [1.82, 2.24) is 0 Å². The Labute approximate surface area is 109 Å². The molecule has 102 valence electrons. The molecule has 0 heterocycles. The fourth-order valence-electron chi connectivity index (χ4n) is 2.69. The molecule has 1 aromatic rings. The highest BCUT2D eigenvalue weighted by Crippen LogP contribution is 2.31. The Balaban J connectivity index is 0.00000162. The predicted octanol–water partition coefficient (Wildman–Crippen LogP) is 5.28. The summed E-state index contributed by atoms with van der Waals surface area (Å²) in [5.41, 5.74) is 0.941. The maximum Gasteiger partial charge on any atom is 0.162 e. The zero-order valence-electron chi connectivity index (χ0n) is 10.6. The van der Waals surface area contributed by atoms with Crippen molar-refractivity contribution in [3.05, 3.63) is 34.9 Å². The van der Waals surface area contributed by atoms with Gasteiger partial charge in [-0.25, -0.2) is 8.78 Å². The van der Waals surface area contributed by atoms with E-state index in [1.165, 1.54) is 12.8 Å². The highest BCUT2D eigenvalue weighted by atomic mass is 19.2. The molecule has 0 atom stereocenters. The Morgan fingerprint density at radius 3 is 2.28 bits per heavy atom. The van der Waals surface area contributed by atoms with Crippen LogP contribution in [0.15, 0.2) is 12.1 Å². The molecule has 1 saturated carbocycles. The molecule has 2 heteroatoms. The summed E-state index contributed by atoms with van der Waals surface area (Å²) < 4.78 is 27.2. The standard InChI is InChI=1S/C15H20F2.CH4/c1-10-3-6-12(7-4-10)9-13-8-5-11(2)14(16)15(13)17;/h5,8,10,12H,3-4,6-7,9H2,1-2H3;1H4. The summed E-state index contributed by atoms with van der Waals surface area (Å²) >= 11 is 0. The third-order valence-corrected chi connectivity index (χ3v) is 4.00. The Hall–Kier alpha value is -0.920. The van der Waals surface area contributed by atoms with E-state index < -0.39 is 11.6 Å². The second kappa shape index (κ2) is 6.31. The zero-order chi connectivity index (χ0) is 12.4. The molecule has 1 fully saturated rings. The minimum Gasteiger partial charge on any atom is -0.203 e. The number of benzene rings is 1. The summed E-state index contributed by atoms with van der Waals surface area (Å²) in [5, 5.41) is 0. The van der Waals surface area contributed by atoms with Crippen LogP contribution >= 0.6 is 0 Å². The number of aryl methyl sites for hydroxylation is 1. The van der Waals surface area contributed by atoms with Gasteiger partial charge in [-0.05, 0) is 49.1 Å². The zero-order valence-corrected chi connectivity index (χ0v) is 10.6. The van der Waals surface area contributed by atoms with Crippen LogP contribution in [0.5, 0.6) is 0 Å². The first-order valence-electron chi connectivity index (χ1n) is 6.51. The van der Waals surface area contributed by atoms with Gasteiger partial charge in [0.25, 0.3) is 0 Å². The van der Waals surface area contributed by atoms with Gasteiger partial charge in [0.15, 0.2) is 11.6 Å². The summed E-state index contributed by atoms with van der Waals surface area (Å²) in [6.07, 6.45) is 5.43. The number of halogens is 2. The monoisotopic (exact) mass is 254 g/mol. The van der Waals surface area contributed by atoms with Crippen LogP contribution in [0.1, 0.15) is 51.2 Å². The molecule has 2 rings (SSSR count). The van der Waals surface area contributed by atoms with Crippen molar-refractivity contribution >= 4 is 0 Å². The van der Waals surface area contributed by atoms with E-state index in [4.69, 9.17) is 0 Å². The number of hydrogen-bond acceptors (Lipinski definition) is 0. The van der Waals surface area contributed by atoms with Gasteiger partial charge in [0.2, 0.25) is 0 Å². The first-order valence-corrected chi connectivity index (χ1v) is 6.51. The summed E-state index contributed by atoms with van der Waals surface area (Å²) in [6, 6.07) is 3.42. The molecular weight excluding hydrogens is 230 g/mol. The SMILES string of the molecule is C.Cc1ccc(CC2CCC(C)CC2)c(F)c1F. The Kier molecular flexibility index (Phi) is 5.30. The number of rotatable bonds is 2. The maximum atomic E-state index is 13.7. The van der Waals surface area contributed by atoms with E-state index in [0.717, 1.165) is 18.8 Å². The topological polar surface area (TPSA) is 0 Å². The molecule has 1 aliphatic carbocycles. The van der Waals surface area contributed by atoms with Gasteiger partial charge >= 0.3 is 0 Å². The molecule has 0 N–H and O–H groups in total.